The second kappa shape index (κ2) is 18.3. The van der Waals surface area contributed by atoms with Gasteiger partial charge in [0.05, 0.1) is 11.4 Å². The molecule has 0 aliphatic rings. The molecule has 58 heavy (non-hydrogen) atoms. The molecule has 0 spiro atoms. The SMILES string of the molecule is CN(c1cc(-c2ccccc2)ccc1F)c1c(F)ccc(OCC(=O)O)c1F.Cc1ccc(-c2cccc(F)c2)c(F)c1N(C)c1c(F)ccc(OCC(=O)O)c1F. The van der Waals surface area contributed by atoms with E-state index in [0.717, 1.165) is 45.7 Å². The molecule has 0 heterocycles. The number of carboxylic acids is 2. The van der Waals surface area contributed by atoms with Crippen LogP contribution in [0.3, 0.4) is 0 Å². The van der Waals surface area contributed by atoms with E-state index in [1.807, 2.05) is 30.3 Å². The summed E-state index contributed by atoms with van der Waals surface area (Å²) in [5.41, 5.74) is 0.857. The van der Waals surface area contributed by atoms with Crippen LogP contribution in [0.25, 0.3) is 22.3 Å². The molecule has 0 unspecified atom stereocenters. The molecule has 6 aromatic rings. The molecule has 0 bridgehead atoms. The summed E-state index contributed by atoms with van der Waals surface area (Å²) in [5.74, 6) is -9.80. The molecule has 0 saturated carbocycles. The lowest BCUT2D eigenvalue weighted by atomic mass is 10.0. The number of anilines is 4. The summed E-state index contributed by atoms with van der Waals surface area (Å²) < 4.78 is 112. The minimum Gasteiger partial charge on any atom is -0.479 e. The lowest BCUT2D eigenvalue weighted by Crippen LogP contribution is -2.18. The third-order valence-electron chi connectivity index (χ3n) is 8.64. The van der Waals surface area contributed by atoms with E-state index in [-0.39, 0.29) is 22.5 Å². The number of hydrogen-bond donors (Lipinski definition) is 2. The van der Waals surface area contributed by atoms with Gasteiger partial charge in [-0.15, -0.1) is 0 Å². The number of carboxylic acid groups (broad SMARTS) is 2. The summed E-state index contributed by atoms with van der Waals surface area (Å²) in [6, 6.07) is 25.5. The van der Waals surface area contributed by atoms with Crippen molar-refractivity contribution in [1.82, 2.24) is 0 Å². The van der Waals surface area contributed by atoms with Gasteiger partial charge in [0.25, 0.3) is 0 Å². The predicted octanol–water partition coefficient (Wildman–Crippen LogP) is 10.5. The Hall–Kier alpha value is -7.03. The topological polar surface area (TPSA) is 99.5 Å². The van der Waals surface area contributed by atoms with Gasteiger partial charge < -0.3 is 29.5 Å². The van der Waals surface area contributed by atoms with Gasteiger partial charge in [-0.25, -0.2) is 40.3 Å². The predicted molar refractivity (Wildman–Crippen MR) is 203 cm³/mol. The van der Waals surface area contributed by atoms with E-state index in [0.29, 0.717) is 11.1 Å². The second-order valence-corrected chi connectivity index (χ2v) is 12.5. The number of carbonyl (C=O) groups is 2. The Labute approximate surface area is 327 Å². The summed E-state index contributed by atoms with van der Waals surface area (Å²) in [5, 5.41) is 17.4. The number of aryl methyl sites for hydroxylation is 1. The van der Waals surface area contributed by atoms with Crippen molar-refractivity contribution in [2.24, 2.45) is 0 Å². The van der Waals surface area contributed by atoms with Gasteiger partial charge in [-0.2, -0.15) is 0 Å². The molecular formula is C43H33F7N2O6. The zero-order chi connectivity index (χ0) is 42.3. The first-order valence-corrected chi connectivity index (χ1v) is 17.1. The highest BCUT2D eigenvalue weighted by Crippen LogP contribution is 2.40. The van der Waals surface area contributed by atoms with Crippen LogP contribution in [0.5, 0.6) is 11.5 Å². The van der Waals surface area contributed by atoms with Crippen LogP contribution in [0.1, 0.15) is 5.56 Å². The minimum absolute atomic E-state index is 0.0467. The highest BCUT2D eigenvalue weighted by Gasteiger charge is 2.25. The number of aliphatic carboxylic acids is 2. The summed E-state index contributed by atoms with van der Waals surface area (Å²) in [6.07, 6.45) is 0. The van der Waals surface area contributed by atoms with Crippen LogP contribution in [0, 0.1) is 47.6 Å². The Morgan fingerprint density at radius 3 is 1.62 bits per heavy atom. The smallest absolute Gasteiger partial charge is 0.341 e. The van der Waals surface area contributed by atoms with Crippen LogP contribution in [0.4, 0.5) is 53.5 Å². The first-order chi connectivity index (χ1) is 27.6. The third-order valence-corrected chi connectivity index (χ3v) is 8.64. The Morgan fingerprint density at radius 1 is 0.534 bits per heavy atom. The van der Waals surface area contributed by atoms with Crippen LogP contribution >= 0.6 is 0 Å². The average Bonchev–Trinajstić information content (AvgIpc) is 3.18. The summed E-state index contributed by atoms with van der Waals surface area (Å²) in [7, 11) is 2.58. The Kier molecular flexibility index (Phi) is 13.3. The number of ether oxygens (including phenoxy) is 2. The quantitative estimate of drug-likeness (QED) is 0.118. The van der Waals surface area contributed by atoms with E-state index in [1.165, 1.54) is 50.5 Å². The third kappa shape index (κ3) is 9.49. The molecule has 6 aromatic carbocycles. The minimum atomic E-state index is -1.33. The Bertz CT molecular complexity index is 2470. The summed E-state index contributed by atoms with van der Waals surface area (Å²) >= 11 is 0. The molecule has 15 heteroatoms. The zero-order valence-electron chi connectivity index (χ0n) is 30.9. The average molecular weight is 807 g/mol. The van der Waals surface area contributed by atoms with Crippen LogP contribution in [0.2, 0.25) is 0 Å². The number of nitrogens with zero attached hydrogens (tertiary/aromatic N) is 2. The van der Waals surface area contributed by atoms with E-state index in [1.54, 1.807) is 19.1 Å². The molecule has 8 nitrogen and oxygen atoms in total. The van der Waals surface area contributed by atoms with Crippen molar-refractivity contribution in [2.45, 2.75) is 6.92 Å². The fourth-order valence-corrected chi connectivity index (χ4v) is 5.93. The van der Waals surface area contributed by atoms with Gasteiger partial charge in [0.2, 0.25) is 0 Å². The molecule has 0 aliphatic heterocycles. The van der Waals surface area contributed by atoms with Gasteiger partial charge in [0.15, 0.2) is 42.2 Å². The number of hydrogen-bond acceptors (Lipinski definition) is 6. The van der Waals surface area contributed by atoms with Crippen LogP contribution < -0.4 is 19.3 Å². The lowest BCUT2D eigenvalue weighted by molar-refractivity contribution is -0.140. The first kappa shape index (κ1) is 42.1. The fourth-order valence-electron chi connectivity index (χ4n) is 5.93. The zero-order valence-corrected chi connectivity index (χ0v) is 30.9. The van der Waals surface area contributed by atoms with Crippen molar-refractivity contribution in [3.05, 3.63) is 155 Å². The molecular weight excluding hydrogens is 773 g/mol. The van der Waals surface area contributed by atoms with Crippen LogP contribution in [0.15, 0.2) is 109 Å². The van der Waals surface area contributed by atoms with Gasteiger partial charge in [-0.1, -0.05) is 60.7 Å². The summed E-state index contributed by atoms with van der Waals surface area (Å²) in [6.45, 7) is -0.0530. The van der Waals surface area contributed by atoms with Crippen molar-refractivity contribution in [3.8, 4) is 33.8 Å². The maximum Gasteiger partial charge on any atom is 0.341 e. The van der Waals surface area contributed by atoms with E-state index in [4.69, 9.17) is 19.7 Å². The van der Waals surface area contributed by atoms with E-state index in [9.17, 15) is 35.9 Å². The molecule has 0 saturated heterocycles. The Morgan fingerprint density at radius 2 is 1.07 bits per heavy atom. The van der Waals surface area contributed by atoms with Crippen molar-refractivity contribution in [2.75, 3.05) is 37.1 Å². The first-order valence-electron chi connectivity index (χ1n) is 17.1. The van der Waals surface area contributed by atoms with E-state index in [2.05, 4.69) is 0 Å². The molecule has 0 aromatic heterocycles. The Balaban J connectivity index is 0.000000221. The van der Waals surface area contributed by atoms with Gasteiger partial charge in [-0.05, 0) is 77.7 Å². The maximum atomic E-state index is 15.4. The van der Waals surface area contributed by atoms with E-state index >= 15 is 4.39 Å². The van der Waals surface area contributed by atoms with Crippen molar-refractivity contribution in [1.29, 1.82) is 0 Å². The highest BCUT2D eigenvalue weighted by molar-refractivity contribution is 5.77. The van der Waals surface area contributed by atoms with E-state index < -0.39 is 88.7 Å². The second-order valence-electron chi connectivity index (χ2n) is 12.5. The van der Waals surface area contributed by atoms with Crippen molar-refractivity contribution in [3.63, 3.8) is 0 Å². The number of rotatable bonds is 12. The van der Waals surface area contributed by atoms with Gasteiger partial charge in [-0.3, -0.25) is 0 Å². The highest BCUT2D eigenvalue weighted by atomic mass is 19.2. The van der Waals surface area contributed by atoms with Crippen LogP contribution in [-0.2, 0) is 9.59 Å². The van der Waals surface area contributed by atoms with Crippen LogP contribution in [-0.4, -0.2) is 49.5 Å². The maximum absolute atomic E-state index is 15.4. The van der Waals surface area contributed by atoms with Gasteiger partial charge in [0.1, 0.15) is 34.6 Å². The molecule has 0 atom stereocenters. The number of benzene rings is 6. The monoisotopic (exact) mass is 806 g/mol. The lowest BCUT2D eigenvalue weighted by Gasteiger charge is -2.25. The molecule has 2 N–H and O–H groups in total. The van der Waals surface area contributed by atoms with Gasteiger partial charge >= 0.3 is 11.9 Å². The van der Waals surface area contributed by atoms with Crippen molar-refractivity contribution < 1.29 is 60.0 Å². The normalized spacial score (nSPS) is 10.7. The molecule has 0 radical (unpaired) electrons. The van der Waals surface area contributed by atoms with Gasteiger partial charge in [0, 0.05) is 19.7 Å². The fraction of sp³-hybridized carbons (Fsp3) is 0.116. The molecule has 300 valence electrons. The van der Waals surface area contributed by atoms with Crippen molar-refractivity contribution >= 4 is 34.7 Å². The molecule has 0 amide bonds. The summed E-state index contributed by atoms with van der Waals surface area (Å²) in [4.78, 5) is 23.3. The molecule has 6 rings (SSSR count). The standard InChI is InChI=1S/C22H17F4NO3.C21H16F3NO3/c1-12-6-7-15(13-4-3-5-14(23)10-13)19(25)21(12)27(2)22-16(24)8-9-17(20(22)26)30-11-18(28)29;1-25(21-16(23)9-10-18(20(21)24)28-12-19(26)27)17-11-14(7-8-15(17)22)13-5-3-2-4-6-13/h3-10H,11H2,1-2H3,(H,28,29);2-11H,12H2,1H3,(H,26,27). The largest absolute Gasteiger partial charge is 0.479 e. The number of halogens is 7. The molecule has 0 aliphatic carbocycles. The molecule has 0 fully saturated rings.